The van der Waals surface area contributed by atoms with Gasteiger partial charge in [-0.3, -0.25) is 14.5 Å². The molecule has 0 radical (unpaired) electrons. The lowest BCUT2D eigenvalue weighted by Crippen LogP contribution is -2.38. The Morgan fingerprint density at radius 2 is 1.90 bits per heavy atom. The SMILES string of the molecule is O=C(NCCN1C(=O)CSC1=O)Nc1cc(O)cc(O)c1. The fraction of sp³-hybridized carbons (Fsp3) is 0.250. The molecule has 1 saturated heterocycles. The lowest BCUT2D eigenvalue weighted by molar-refractivity contribution is -0.124. The number of carbonyl (C=O) groups is 3. The number of phenols is 2. The lowest BCUT2D eigenvalue weighted by Gasteiger charge is -2.13. The van der Waals surface area contributed by atoms with Gasteiger partial charge in [0, 0.05) is 37.0 Å². The van der Waals surface area contributed by atoms with Gasteiger partial charge in [0.25, 0.3) is 5.24 Å². The van der Waals surface area contributed by atoms with Gasteiger partial charge in [-0.15, -0.1) is 0 Å². The van der Waals surface area contributed by atoms with Crippen LogP contribution in [-0.2, 0) is 4.79 Å². The number of hydrogen-bond acceptors (Lipinski definition) is 6. The van der Waals surface area contributed by atoms with Crippen LogP contribution in [0, 0.1) is 0 Å². The van der Waals surface area contributed by atoms with E-state index in [0.29, 0.717) is 0 Å². The van der Waals surface area contributed by atoms with Gasteiger partial charge in [-0.2, -0.15) is 0 Å². The monoisotopic (exact) mass is 311 g/mol. The summed E-state index contributed by atoms with van der Waals surface area (Å²) in [6.07, 6.45) is 0. The van der Waals surface area contributed by atoms with Crippen LogP contribution in [0.2, 0.25) is 0 Å². The highest BCUT2D eigenvalue weighted by Crippen LogP contribution is 2.23. The van der Waals surface area contributed by atoms with Crippen LogP contribution >= 0.6 is 11.8 Å². The molecule has 4 amide bonds. The first-order chi connectivity index (χ1) is 9.95. The summed E-state index contributed by atoms with van der Waals surface area (Å²) in [6.45, 7) is 0.206. The van der Waals surface area contributed by atoms with Crippen LogP contribution in [0.1, 0.15) is 0 Å². The van der Waals surface area contributed by atoms with Gasteiger partial charge >= 0.3 is 6.03 Å². The van der Waals surface area contributed by atoms with Gasteiger partial charge in [-0.05, 0) is 0 Å². The molecule has 0 aliphatic carbocycles. The van der Waals surface area contributed by atoms with E-state index in [9.17, 15) is 24.6 Å². The maximum Gasteiger partial charge on any atom is 0.319 e. The molecule has 0 atom stereocenters. The number of amides is 4. The van der Waals surface area contributed by atoms with Gasteiger partial charge in [0.15, 0.2) is 0 Å². The van der Waals surface area contributed by atoms with Gasteiger partial charge in [-0.25, -0.2) is 4.79 Å². The van der Waals surface area contributed by atoms with Crippen molar-refractivity contribution in [3.05, 3.63) is 18.2 Å². The second-order valence-corrected chi connectivity index (χ2v) is 5.15. The summed E-state index contributed by atoms with van der Waals surface area (Å²) in [6, 6.07) is 3.09. The first kappa shape index (κ1) is 15.0. The van der Waals surface area contributed by atoms with Crippen molar-refractivity contribution in [1.82, 2.24) is 10.2 Å². The molecule has 1 aliphatic rings. The molecule has 1 aromatic carbocycles. The quantitative estimate of drug-likeness (QED) is 0.656. The van der Waals surface area contributed by atoms with Gasteiger partial charge in [0.1, 0.15) is 11.5 Å². The highest BCUT2D eigenvalue weighted by atomic mass is 32.2. The molecule has 2 rings (SSSR count). The fourth-order valence-corrected chi connectivity index (χ4v) is 2.47. The first-order valence-electron chi connectivity index (χ1n) is 6.00. The number of hydrogen-bond donors (Lipinski definition) is 4. The molecule has 112 valence electrons. The molecule has 1 fully saturated rings. The Hall–Kier alpha value is -2.42. The van der Waals surface area contributed by atoms with Crippen molar-refractivity contribution in [3.63, 3.8) is 0 Å². The minimum absolute atomic E-state index is 0.101. The van der Waals surface area contributed by atoms with Gasteiger partial charge in [-0.1, -0.05) is 11.8 Å². The topological polar surface area (TPSA) is 119 Å². The number of carbonyl (C=O) groups excluding carboxylic acids is 3. The van der Waals surface area contributed by atoms with Gasteiger partial charge in [0.05, 0.1) is 5.75 Å². The number of thioether (sulfide) groups is 1. The molecule has 1 heterocycles. The molecule has 0 bridgehead atoms. The van der Waals surface area contributed by atoms with E-state index in [4.69, 9.17) is 0 Å². The van der Waals surface area contributed by atoms with E-state index in [1.165, 1.54) is 12.1 Å². The number of imide groups is 1. The summed E-state index contributed by atoms with van der Waals surface area (Å²) in [7, 11) is 0. The van der Waals surface area contributed by atoms with Gasteiger partial charge in [0.2, 0.25) is 5.91 Å². The zero-order chi connectivity index (χ0) is 15.4. The number of nitrogens with zero attached hydrogens (tertiary/aromatic N) is 1. The van der Waals surface area contributed by atoms with Crippen molar-refractivity contribution in [2.45, 2.75) is 0 Å². The minimum Gasteiger partial charge on any atom is -0.508 e. The number of aromatic hydroxyl groups is 2. The van der Waals surface area contributed by atoms with E-state index in [2.05, 4.69) is 10.6 Å². The fourth-order valence-electron chi connectivity index (χ4n) is 1.72. The third kappa shape index (κ3) is 4.02. The Kier molecular flexibility index (Phi) is 4.53. The average Bonchev–Trinajstić information content (AvgIpc) is 2.69. The lowest BCUT2D eigenvalue weighted by atomic mass is 10.3. The largest absolute Gasteiger partial charge is 0.508 e. The number of benzene rings is 1. The molecule has 8 nitrogen and oxygen atoms in total. The van der Waals surface area contributed by atoms with Crippen LogP contribution in [-0.4, -0.2) is 51.1 Å². The number of nitrogens with one attached hydrogen (secondary N) is 2. The summed E-state index contributed by atoms with van der Waals surface area (Å²) in [5.74, 6) is -0.510. The van der Waals surface area contributed by atoms with Crippen LogP contribution in [0.15, 0.2) is 18.2 Å². The second kappa shape index (κ2) is 6.35. The van der Waals surface area contributed by atoms with Crippen LogP contribution in [0.5, 0.6) is 11.5 Å². The Balaban J connectivity index is 1.80. The molecule has 0 unspecified atom stereocenters. The number of phenolic OH excluding ortho intramolecular Hbond substituents is 2. The van der Waals surface area contributed by atoms with Crippen molar-refractivity contribution in [2.24, 2.45) is 0 Å². The summed E-state index contributed by atoms with van der Waals surface area (Å²) < 4.78 is 0. The Labute approximate surface area is 124 Å². The molecule has 0 saturated carbocycles. The van der Waals surface area contributed by atoms with Crippen molar-refractivity contribution >= 4 is 34.6 Å². The second-order valence-electron chi connectivity index (χ2n) is 4.22. The molecule has 0 spiro atoms. The Bertz CT molecular complexity index is 556. The van der Waals surface area contributed by atoms with E-state index in [0.717, 1.165) is 22.7 Å². The average molecular weight is 311 g/mol. The molecule has 1 aliphatic heterocycles. The highest BCUT2D eigenvalue weighted by molar-refractivity contribution is 8.14. The summed E-state index contributed by atoms with van der Waals surface area (Å²) in [4.78, 5) is 35.3. The van der Waals surface area contributed by atoms with Crippen molar-refractivity contribution in [2.75, 3.05) is 24.2 Å². The predicted octanol–water partition coefficient (Wildman–Crippen LogP) is 0.915. The van der Waals surface area contributed by atoms with E-state index in [1.54, 1.807) is 0 Å². The van der Waals surface area contributed by atoms with Crippen LogP contribution in [0.4, 0.5) is 15.3 Å². The number of urea groups is 1. The Morgan fingerprint density at radius 3 is 2.48 bits per heavy atom. The predicted molar refractivity (Wildman–Crippen MR) is 76.4 cm³/mol. The zero-order valence-electron chi connectivity index (χ0n) is 10.8. The van der Waals surface area contributed by atoms with E-state index in [-0.39, 0.29) is 47.2 Å². The van der Waals surface area contributed by atoms with Crippen molar-refractivity contribution in [1.29, 1.82) is 0 Å². The summed E-state index contributed by atoms with van der Waals surface area (Å²) in [5, 5.41) is 23.1. The number of rotatable bonds is 4. The summed E-state index contributed by atoms with van der Waals surface area (Å²) >= 11 is 0.932. The van der Waals surface area contributed by atoms with E-state index < -0.39 is 6.03 Å². The molecule has 0 aromatic heterocycles. The molecule has 1 aromatic rings. The smallest absolute Gasteiger partial charge is 0.319 e. The van der Waals surface area contributed by atoms with E-state index in [1.807, 2.05) is 0 Å². The Morgan fingerprint density at radius 1 is 1.24 bits per heavy atom. The van der Waals surface area contributed by atoms with Crippen LogP contribution in [0.3, 0.4) is 0 Å². The van der Waals surface area contributed by atoms with E-state index >= 15 is 0 Å². The van der Waals surface area contributed by atoms with Crippen molar-refractivity contribution < 1.29 is 24.6 Å². The molecule has 21 heavy (non-hydrogen) atoms. The zero-order valence-corrected chi connectivity index (χ0v) is 11.6. The van der Waals surface area contributed by atoms with Crippen LogP contribution in [0.25, 0.3) is 0 Å². The molecular weight excluding hydrogens is 298 g/mol. The van der Waals surface area contributed by atoms with Crippen molar-refractivity contribution in [3.8, 4) is 11.5 Å². The number of anilines is 1. The molecular formula is C12H13N3O5S. The maximum atomic E-state index is 11.6. The third-order valence-corrected chi connectivity index (χ3v) is 3.48. The highest BCUT2D eigenvalue weighted by Gasteiger charge is 2.29. The normalized spacial score (nSPS) is 14.4. The molecule has 9 heteroatoms. The van der Waals surface area contributed by atoms with Gasteiger partial charge < -0.3 is 20.8 Å². The standard InChI is InChI=1S/C12H13N3O5S/c16-8-3-7(4-9(17)5-8)14-11(19)13-1-2-15-10(18)6-21-12(15)20/h3-5,16-17H,1-2,6H2,(H2,13,14,19). The van der Waals surface area contributed by atoms with Crippen LogP contribution < -0.4 is 10.6 Å². The first-order valence-corrected chi connectivity index (χ1v) is 6.99. The molecule has 4 N–H and O–H groups in total. The summed E-state index contributed by atoms with van der Waals surface area (Å²) in [5.41, 5.74) is 0.217. The maximum absolute atomic E-state index is 11.6. The third-order valence-electron chi connectivity index (χ3n) is 2.62. The minimum atomic E-state index is -0.577.